The first-order chi connectivity index (χ1) is 15.7. The fourth-order valence-electron chi connectivity index (χ4n) is 4.08. The van der Waals surface area contributed by atoms with Crippen LogP contribution < -0.4 is 5.43 Å². The molecule has 6 nitrogen and oxygen atoms in total. The van der Waals surface area contributed by atoms with Crippen LogP contribution in [0.1, 0.15) is 49.7 Å². The van der Waals surface area contributed by atoms with Gasteiger partial charge in [-0.25, -0.2) is 15.2 Å². The molecule has 0 radical (unpaired) electrons. The van der Waals surface area contributed by atoms with Crippen LogP contribution in [0.2, 0.25) is 0 Å². The molecule has 0 unspecified atom stereocenters. The Hall–Kier alpha value is -3.15. The molecule has 170 valence electrons. The molecule has 1 fully saturated rings. The SMILES string of the molecule is O=C[C@H](Cc1ccccc1)N(NC(=O)OCC1CCCCC1)C(=O)CCc1ccccc1. The van der Waals surface area contributed by atoms with Gasteiger partial charge >= 0.3 is 6.09 Å². The number of carbonyl (C=O) groups excluding carboxylic acids is 3. The second kappa shape index (κ2) is 12.6. The molecular weight excluding hydrogens is 404 g/mol. The van der Waals surface area contributed by atoms with E-state index in [1.807, 2.05) is 60.7 Å². The Morgan fingerprint density at radius 1 is 0.969 bits per heavy atom. The maximum Gasteiger partial charge on any atom is 0.426 e. The summed E-state index contributed by atoms with van der Waals surface area (Å²) in [5.41, 5.74) is 4.48. The molecule has 2 aromatic carbocycles. The van der Waals surface area contributed by atoms with E-state index in [4.69, 9.17) is 4.74 Å². The van der Waals surface area contributed by atoms with Gasteiger partial charge in [0, 0.05) is 12.8 Å². The standard InChI is InChI=1S/C26H32N2O4/c29-19-24(18-22-12-6-2-7-13-22)28(25(30)17-16-21-10-4-1-5-11-21)27-26(31)32-20-23-14-8-3-9-15-23/h1-2,4-7,10-13,19,23-24H,3,8-9,14-18,20H2,(H,27,31)/t24-/m0/s1. The lowest BCUT2D eigenvalue weighted by Gasteiger charge is -2.29. The van der Waals surface area contributed by atoms with Crippen LogP contribution in [0, 0.1) is 5.92 Å². The van der Waals surface area contributed by atoms with Gasteiger partial charge in [0.2, 0.25) is 5.91 Å². The number of hydrazine groups is 1. The minimum atomic E-state index is -0.817. The smallest absolute Gasteiger partial charge is 0.426 e. The summed E-state index contributed by atoms with van der Waals surface area (Å²) < 4.78 is 5.41. The van der Waals surface area contributed by atoms with E-state index in [0.29, 0.717) is 31.7 Å². The van der Waals surface area contributed by atoms with Crippen molar-refractivity contribution < 1.29 is 19.1 Å². The quantitative estimate of drug-likeness (QED) is 0.465. The van der Waals surface area contributed by atoms with E-state index in [1.165, 1.54) is 6.42 Å². The van der Waals surface area contributed by atoms with Crippen molar-refractivity contribution in [2.24, 2.45) is 5.92 Å². The molecule has 6 heteroatoms. The summed E-state index contributed by atoms with van der Waals surface area (Å²) in [7, 11) is 0. The van der Waals surface area contributed by atoms with Crippen LogP contribution in [0.4, 0.5) is 4.79 Å². The van der Waals surface area contributed by atoms with E-state index < -0.39 is 12.1 Å². The van der Waals surface area contributed by atoms with Crippen LogP contribution in [0.3, 0.4) is 0 Å². The average Bonchev–Trinajstić information content (AvgIpc) is 2.85. The molecule has 0 aromatic heterocycles. The molecule has 0 spiro atoms. The van der Waals surface area contributed by atoms with Gasteiger partial charge in [0.15, 0.2) is 0 Å². The highest BCUT2D eigenvalue weighted by atomic mass is 16.6. The topological polar surface area (TPSA) is 75.7 Å². The molecule has 0 bridgehead atoms. The number of hydrogen-bond acceptors (Lipinski definition) is 4. The molecule has 1 N–H and O–H groups in total. The van der Waals surface area contributed by atoms with E-state index >= 15 is 0 Å². The summed E-state index contributed by atoms with van der Waals surface area (Å²) in [6.45, 7) is 0.336. The zero-order valence-electron chi connectivity index (χ0n) is 18.4. The van der Waals surface area contributed by atoms with E-state index in [0.717, 1.165) is 41.8 Å². The van der Waals surface area contributed by atoms with Crippen molar-refractivity contribution in [3.63, 3.8) is 0 Å². The second-order valence-corrected chi connectivity index (χ2v) is 8.36. The molecule has 32 heavy (non-hydrogen) atoms. The predicted molar refractivity (Wildman–Crippen MR) is 123 cm³/mol. The summed E-state index contributed by atoms with van der Waals surface area (Å²) in [6.07, 6.45) is 6.66. The number of aryl methyl sites for hydroxylation is 1. The summed E-state index contributed by atoms with van der Waals surface area (Å²) in [5, 5.41) is 1.14. The predicted octanol–water partition coefficient (Wildman–Crippen LogP) is 4.48. The molecule has 0 heterocycles. The van der Waals surface area contributed by atoms with Gasteiger partial charge < -0.3 is 9.53 Å². The van der Waals surface area contributed by atoms with Crippen molar-refractivity contribution in [2.45, 2.75) is 57.4 Å². The van der Waals surface area contributed by atoms with Crippen molar-refractivity contribution in [3.8, 4) is 0 Å². The van der Waals surface area contributed by atoms with Gasteiger partial charge in [-0.15, -0.1) is 0 Å². The summed E-state index contributed by atoms with van der Waals surface area (Å²) >= 11 is 0. The number of amides is 2. The third-order valence-electron chi connectivity index (χ3n) is 5.90. The minimum absolute atomic E-state index is 0.173. The lowest BCUT2D eigenvalue weighted by atomic mass is 9.90. The van der Waals surface area contributed by atoms with Gasteiger partial charge in [-0.1, -0.05) is 79.9 Å². The monoisotopic (exact) mass is 436 g/mol. The largest absolute Gasteiger partial charge is 0.448 e. The maximum atomic E-state index is 13.0. The summed E-state index contributed by atoms with van der Waals surface area (Å²) in [4.78, 5) is 37.5. The van der Waals surface area contributed by atoms with Crippen LogP contribution in [0.15, 0.2) is 60.7 Å². The highest BCUT2D eigenvalue weighted by Gasteiger charge is 2.26. The van der Waals surface area contributed by atoms with E-state index in [-0.39, 0.29) is 12.3 Å². The van der Waals surface area contributed by atoms with Crippen LogP contribution in [0.25, 0.3) is 0 Å². The van der Waals surface area contributed by atoms with E-state index in [2.05, 4.69) is 5.43 Å². The first-order valence-corrected chi connectivity index (χ1v) is 11.4. The van der Waals surface area contributed by atoms with Crippen molar-refractivity contribution in [1.29, 1.82) is 0 Å². The molecule has 1 aliphatic carbocycles. The summed E-state index contributed by atoms with van der Waals surface area (Å²) in [6, 6.07) is 18.3. The van der Waals surface area contributed by atoms with Gasteiger partial charge in [-0.05, 0) is 36.3 Å². The van der Waals surface area contributed by atoms with E-state index in [9.17, 15) is 14.4 Å². The molecule has 2 amide bonds. The molecule has 3 rings (SSSR count). The number of nitrogens with zero attached hydrogens (tertiary/aromatic N) is 1. The second-order valence-electron chi connectivity index (χ2n) is 8.36. The van der Waals surface area contributed by atoms with Gasteiger partial charge in [0.05, 0.1) is 6.61 Å². The normalized spacial score (nSPS) is 14.9. The minimum Gasteiger partial charge on any atom is -0.448 e. The molecule has 1 saturated carbocycles. The third kappa shape index (κ3) is 7.52. The molecule has 1 aliphatic rings. The first-order valence-electron chi connectivity index (χ1n) is 11.4. The van der Waals surface area contributed by atoms with Crippen LogP contribution in [0.5, 0.6) is 0 Å². The lowest BCUT2D eigenvalue weighted by molar-refractivity contribution is -0.139. The van der Waals surface area contributed by atoms with Gasteiger partial charge in [-0.2, -0.15) is 0 Å². The zero-order chi connectivity index (χ0) is 22.6. The van der Waals surface area contributed by atoms with Crippen LogP contribution in [-0.2, 0) is 27.2 Å². The maximum absolute atomic E-state index is 13.0. The highest BCUT2D eigenvalue weighted by molar-refractivity contribution is 5.82. The van der Waals surface area contributed by atoms with Gasteiger partial charge in [-0.3, -0.25) is 4.79 Å². The van der Waals surface area contributed by atoms with Crippen LogP contribution >= 0.6 is 0 Å². The number of benzene rings is 2. The zero-order valence-corrected chi connectivity index (χ0v) is 18.4. The number of aldehydes is 1. The van der Waals surface area contributed by atoms with Crippen molar-refractivity contribution in [1.82, 2.24) is 10.4 Å². The van der Waals surface area contributed by atoms with Crippen molar-refractivity contribution >= 4 is 18.3 Å². The number of nitrogens with one attached hydrogen (secondary N) is 1. The lowest BCUT2D eigenvalue weighted by Crippen LogP contribution is -2.53. The Bertz CT molecular complexity index is 851. The number of rotatable bonds is 9. The number of ether oxygens (including phenoxy) is 1. The Morgan fingerprint density at radius 3 is 2.22 bits per heavy atom. The Labute approximate surface area is 189 Å². The molecule has 0 aliphatic heterocycles. The van der Waals surface area contributed by atoms with Crippen molar-refractivity contribution in [3.05, 3.63) is 71.8 Å². The Balaban J connectivity index is 1.64. The molecule has 2 aromatic rings. The fraction of sp³-hybridized carbons (Fsp3) is 0.423. The first kappa shape index (κ1) is 23.5. The van der Waals surface area contributed by atoms with Gasteiger partial charge in [0.1, 0.15) is 12.3 Å². The average molecular weight is 437 g/mol. The molecular formula is C26H32N2O4. The number of carbonyl (C=O) groups is 3. The third-order valence-corrected chi connectivity index (χ3v) is 5.90. The molecule has 1 atom stereocenters. The fourth-order valence-corrected chi connectivity index (χ4v) is 4.08. The van der Waals surface area contributed by atoms with E-state index in [1.54, 1.807) is 0 Å². The number of hydrogen-bond donors (Lipinski definition) is 1. The highest BCUT2D eigenvalue weighted by Crippen LogP contribution is 2.23. The van der Waals surface area contributed by atoms with Crippen LogP contribution in [-0.4, -0.2) is 35.9 Å². The Morgan fingerprint density at radius 2 is 1.59 bits per heavy atom. The summed E-state index contributed by atoms with van der Waals surface area (Å²) in [5.74, 6) is 0.0411. The molecule has 0 saturated heterocycles. The van der Waals surface area contributed by atoms with Crippen molar-refractivity contribution in [2.75, 3.05) is 6.61 Å². The Kier molecular flexibility index (Phi) is 9.29. The van der Waals surface area contributed by atoms with Gasteiger partial charge in [0.25, 0.3) is 0 Å².